The standard InChI is InChI=1S/C14H12BrNO2S/c1-18-12-3-2-8(15)6-9(12)10-7-13(17)16-11-4-5-19-14(10)11/h2-6,10H,7H2,1H3,(H,16,17)/t10-/m0/s1. The van der Waals surface area contributed by atoms with Crippen molar-refractivity contribution in [3.05, 3.63) is 44.6 Å². The van der Waals surface area contributed by atoms with Gasteiger partial charge in [0.1, 0.15) is 5.75 Å². The molecule has 98 valence electrons. The predicted octanol–water partition coefficient (Wildman–Crippen LogP) is 3.99. The average molecular weight is 338 g/mol. The number of carbonyl (C=O) groups excluding carboxylic acids is 1. The highest BCUT2D eigenvalue weighted by molar-refractivity contribution is 9.10. The molecule has 3 nitrogen and oxygen atoms in total. The van der Waals surface area contributed by atoms with Crippen molar-refractivity contribution < 1.29 is 9.53 Å². The van der Waals surface area contributed by atoms with Crippen molar-refractivity contribution in [3.8, 4) is 5.75 Å². The minimum Gasteiger partial charge on any atom is -0.496 e. The number of hydrogen-bond donors (Lipinski definition) is 1. The number of carbonyl (C=O) groups is 1. The van der Waals surface area contributed by atoms with Crippen LogP contribution in [0.5, 0.6) is 5.75 Å². The Morgan fingerprint density at radius 1 is 1.42 bits per heavy atom. The molecule has 1 aliphatic rings. The molecule has 5 heteroatoms. The highest BCUT2D eigenvalue weighted by atomic mass is 79.9. The van der Waals surface area contributed by atoms with Gasteiger partial charge in [0.2, 0.25) is 5.91 Å². The Labute approximate surface area is 123 Å². The first-order valence-electron chi connectivity index (χ1n) is 5.89. The molecule has 0 saturated carbocycles. The zero-order valence-corrected chi connectivity index (χ0v) is 12.7. The van der Waals surface area contributed by atoms with E-state index in [1.54, 1.807) is 18.4 Å². The third-order valence-corrected chi connectivity index (χ3v) is 4.77. The Bertz CT molecular complexity index is 638. The van der Waals surface area contributed by atoms with Gasteiger partial charge in [-0.2, -0.15) is 0 Å². The lowest BCUT2D eigenvalue weighted by Crippen LogP contribution is -2.22. The molecule has 2 heterocycles. The summed E-state index contributed by atoms with van der Waals surface area (Å²) < 4.78 is 6.43. The van der Waals surface area contributed by atoms with E-state index in [0.717, 1.165) is 21.5 Å². The number of hydrogen-bond acceptors (Lipinski definition) is 3. The number of thiophene rings is 1. The molecule has 19 heavy (non-hydrogen) atoms. The molecule has 0 unspecified atom stereocenters. The maximum atomic E-state index is 11.8. The van der Waals surface area contributed by atoms with E-state index in [0.29, 0.717) is 6.42 Å². The predicted molar refractivity (Wildman–Crippen MR) is 80.1 cm³/mol. The molecule has 2 aromatic rings. The van der Waals surface area contributed by atoms with E-state index in [9.17, 15) is 4.79 Å². The third-order valence-electron chi connectivity index (χ3n) is 3.24. The minimum atomic E-state index is 0.0536. The Morgan fingerprint density at radius 3 is 3.05 bits per heavy atom. The van der Waals surface area contributed by atoms with E-state index < -0.39 is 0 Å². The van der Waals surface area contributed by atoms with Gasteiger partial charge in [0, 0.05) is 27.3 Å². The lowest BCUT2D eigenvalue weighted by molar-refractivity contribution is -0.116. The number of halogens is 1. The van der Waals surface area contributed by atoms with Gasteiger partial charge in [-0.05, 0) is 29.6 Å². The molecule has 0 bridgehead atoms. The van der Waals surface area contributed by atoms with E-state index in [-0.39, 0.29) is 11.8 Å². The van der Waals surface area contributed by atoms with Crippen LogP contribution in [0.15, 0.2) is 34.1 Å². The molecular weight excluding hydrogens is 326 g/mol. The van der Waals surface area contributed by atoms with Crippen molar-refractivity contribution in [1.82, 2.24) is 0 Å². The van der Waals surface area contributed by atoms with Crippen molar-refractivity contribution in [1.29, 1.82) is 0 Å². The summed E-state index contributed by atoms with van der Waals surface area (Å²) in [6, 6.07) is 7.86. The Morgan fingerprint density at radius 2 is 2.26 bits per heavy atom. The van der Waals surface area contributed by atoms with Gasteiger partial charge in [0.25, 0.3) is 0 Å². The van der Waals surface area contributed by atoms with Gasteiger partial charge in [-0.3, -0.25) is 4.79 Å². The van der Waals surface area contributed by atoms with Crippen molar-refractivity contribution in [2.45, 2.75) is 12.3 Å². The summed E-state index contributed by atoms with van der Waals surface area (Å²) in [5, 5.41) is 4.92. The Kier molecular flexibility index (Phi) is 3.33. The van der Waals surface area contributed by atoms with Crippen LogP contribution in [0, 0.1) is 0 Å². The summed E-state index contributed by atoms with van der Waals surface area (Å²) in [6.45, 7) is 0. The fourth-order valence-corrected chi connectivity index (χ4v) is 3.75. The van der Waals surface area contributed by atoms with Crippen molar-refractivity contribution in [2.24, 2.45) is 0 Å². The number of methoxy groups -OCH3 is 1. The van der Waals surface area contributed by atoms with Gasteiger partial charge in [0.15, 0.2) is 0 Å². The van der Waals surface area contributed by atoms with Gasteiger partial charge >= 0.3 is 0 Å². The van der Waals surface area contributed by atoms with E-state index in [1.807, 2.05) is 29.6 Å². The molecule has 1 atom stereocenters. The summed E-state index contributed by atoms with van der Waals surface area (Å²) in [7, 11) is 1.66. The summed E-state index contributed by atoms with van der Waals surface area (Å²) in [4.78, 5) is 13.0. The topological polar surface area (TPSA) is 38.3 Å². The zero-order valence-electron chi connectivity index (χ0n) is 10.3. The number of rotatable bonds is 2. The van der Waals surface area contributed by atoms with E-state index in [2.05, 4.69) is 21.2 Å². The molecule has 0 aliphatic carbocycles. The number of anilines is 1. The maximum Gasteiger partial charge on any atom is 0.225 e. The van der Waals surface area contributed by atoms with Gasteiger partial charge < -0.3 is 10.1 Å². The molecule has 0 radical (unpaired) electrons. The average Bonchev–Trinajstić information content (AvgIpc) is 2.85. The van der Waals surface area contributed by atoms with Crippen LogP contribution < -0.4 is 10.1 Å². The molecule has 0 saturated heterocycles. The van der Waals surface area contributed by atoms with Crippen LogP contribution in [0.2, 0.25) is 0 Å². The molecule has 1 amide bonds. The SMILES string of the molecule is COc1ccc(Br)cc1[C@@H]1CC(=O)Nc2ccsc21. The van der Waals surface area contributed by atoms with E-state index in [4.69, 9.17) is 4.74 Å². The van der Waals surface area contributed by atoms with Crippen LogP contribution >= 0.6 is 27.3 Å². The molecular formula is C14H12BrNO2S. The smallest absolute Gasteiger partial charge is 0.225 e. The van der Waals surface area contributed by atoms with Gasteiger partial charge in [-0.25, -0.2) is 0 Å². The first-order chi connectivity index (χ1) is 9.19. The van der Waals surface area contributed by atoms with Crippen molar-refractivity contribution in [2.75, 3.05) is 12.4 Å². The second-order valence-electron chi connectivity index (χ2n) is 4.39. The summed E-state index contributed by atoms with van der Waals surface area (Å²) in [5.41, 5.74) is 1.98. The summed E-state index contributed by atoms with van der Waals surface area (Å²) in [6.07, 6.45) is 0.459. The van der Waals surface area contributed by atoms with Gasteiger partial charge in [0.05, 0.1) is 12.8 Å². The van der Waals surface area contributed by atoms with Crippen LogP contribution in [-0.4, -0.2) is 13.0 Å². The summed E-state index contributed by atoms with van der Waals surface area (Å²) >= 11 is 5.16. The molecule has 1 aromatic heterocycles. The lowest BCUT2D eigenvalue weighted by atomic mass is 9.90. The van der Waals surface area contributed by atoms with Crippen LogP contribution in [0.1, 0.15) is 22.8 Å². The van der Waals surface area contributed by atoms with Gasteiger partial charge in [-0.15, -0.1) is 11.3 Å². The quantitative estimate of drug-likeness (QED) is 0.899. The first-order valence-corrected chi connectivity index (χ1v) is 7.57. The van der Waals surface area contributed by atoms with E-state index in [1.165, 1.54) is 4.88 Å². The first kappa shape index (κ1) is 12.7. The van der Waals surface area contributed by atoms with Crippen LogP contribution in [0.3, 0.4) is 0 Å². The second kappa shape index (κ2) is 4.98. The van der Waals surface area contributed by atoms with Crippen molar-refractivity contribution in [3.63, 3.8) is 0 Å². The molecule has 0 spiro atoms. The molecule has 1 aromatic carbocycles. The number of amides is 1. The lowest BCUT2D eigenvalue weighted by Gasteiger charge is -2.24. The normalized spacial score (nSPS) is 17.8. The Balaban J connectivity index is 2.13. The second-order valence-corrected chi connectivity index (χ2v) is 6.25. The molecule has 0 fully saturated rings. The largest absolute Gasteiger partial charge is 0.496 e. The number of ether oxygens (including phenoxy) is 1. The zero-order chi connectivity index (χ0) is 13.4. The molecule has 3 rings (SSSR count). The summed E-state index contributed by atoms with van der Waals surface area (Å²) in [5.74, 6) is 0.941. The van der Waals surface area contributed by atoms with Crippen LogP contribution in [0.4, 0.5) is 5.69 Å². The highest BCUT2D eigenvalue weighted by Crippen LogP contribution is 2.44. The number of benzene rings is 1. The maximum absolute atomic E-state index is 11.8. The fourth-order valence-electron chi connectivity index (χ4n) is 2.40. The van der Waals surface area contributed by atoms with Gasteiger partial charge in [-0.1, -0.05) is 15.9 Å². The van der Waals surface area contributed by atoms with Crippen molar-refractivity contribution >= 4 is 38.9 Å². The molecule has 1 aliphatic heterocycles. The number of fused-ring (bicyclic) bond motifs is 1. The minimum absolute atomic E-state index is 0.0536. The highest BCUT2D eigenvalue weighted by Gasteiger charge is 2.29. The third kappa shape index (κ3) is 2.28. The monoisotopic (exact) mass is 337 g/mol. The van der Waals surface area contributed by atoms with Crippen LogP contribution in [0.25, 0.3) is 0 Å². The molecule has 1 N–H and O–H groups in total. The van der Waals surface area contributed by atoms with Crippen LogP contribution in [-0.2, 0) is 4.79 Å². The van der Waals surface area contributed by atoms with E-state index >= 15 is 0 Å². The Hall–Kier alpha value is -1.33. The fraction of sp³-hybridized carbons (Fsp3) is 0.214. The number of nitrogens with one attached hydrogen (secondary N) is 1.